The molecule has 2 atom stereocenters. The molecule has 184 valence electrons. The van der Waals surface area contributed by atoms with Gasteiger partial charge in [-0.05, 0) is 36.5 Å². The van der Waals surface area contributed by atoms with Crippen molar-refractivity contribution in [3.63, 3.8) is 0 Å². The first kappa shape index (κ1) is 23.9. The van der Waals surface area contributed by atoms with Crippen molar-refractivity contribution in [2.75, 3.05) is 27.3 Å². The summed E-state index contributed by atoms with van der Waals surface area (Å²) in [6.45, 7) is 1.04. The van der Waals surface area contributed by atoms with E-state index in [9.17, 15) is 8.42 Å². The van der Waals surface area contributed by atoms with Gasteiger partial charge in [-0.2, -0.15) is 0 Å². The smallest absolute Gasteiger partial charge is 0.195 e. The van der Waals surface area contributed by atoms with Gasteiger partial charge in [0.05, 0.1) is 24.9 Å². The predicted molar refractivity (Wildman–Crippen MR) is 136 cm³/mol. The van der Waals surface area contributed by atoms with E-state index >= 15 is 0 Å². The molecule has 1 N–H and O–H groups in total. The van der Waals surface area contributed by atoms with Crippen molar-refractivity contribution in [1.29, 1.82) is 0 Å². The molecule has 1 saturated heterocycles. The summed E-state index contributed by atoms with van der Waals surface area (Å²) in [7, 11) is -0.382. The van der Waals surface area contributed by atoms with Gasteiger partial charge in [0.1, 0.15) is 38.5 Å². The number of thiophene rings is 1. The van der Waals surface area contributed by atoms with Gasteiger partial charge in [-0.15, -0.1) is 11.3 Å². The number of hydrogen-bond donors (Lipinski definition) is 1. The number of pyridine rings is 1. The Morgan fingerprint density at radius 2 is 2.00 bits per heavy atom. The van der Waals surface area contributed by atoms with E-state index in [1.165, 1.54) is 11.3 Å². The van der Waals surface area contributed by atoms with Crippen LogP contribution in [0.2, 0.25) is 5.02 Å². The number of benzene rings is 1. The number of methoxy groups -OCH3 is 2. The molecule has 1 aliphatic heterocycles. The second kappa shape index (κ2) is 9.69. The fourth-order valence-corrected chi connectivity index (χ4v) is 7.48. The number of piperidine rings is 1. The second-order valence-electron chi connectivity index (χ2n) is 8.11. The summed E-state index contributed by atoms with van der Waals surface area (Å²) in [6, 6.07) is 10.5. The van der Waals surface area contributed by atoms with E-state index in [0.29, 0.717) is 57.3 Å². The molecule has 1 aromatic carbocycles. The van der Waals surface area contributed by atoms with Crippen LogP contribution in [0.4, 0.5) is 0 Å². The monoisotopic (exact) mass is 533 g/mol. The molecule has 3 aromatic heterocycles. The van der Waals surface area contributed by atoms with Crippen LogP contribution in [0.15, 0.2) is 58.4 Å². The van der Waals surface area contributed by atoms with Gasteiger partial charge in [0, 0.05) is 36.6 Å². The minimum Gasteiger partial charge on any atom is -0.496 e. The van der Waals surface area contributed by atoms with Gasteiger partial charge in [0.2, 0.25) is 0 Å². The van der Waals surface area contributed by atoms with Crippen LogP contribution in [0.1, 0.15) is 6.42 Å². The number of sulfone groups is 1. The molecule has 0 amide bonds. The first-order valence-corrected chi connectivity index (χ1v) is 13.8. The standard InChI is InChI=1S/C24H24ClN3O5S2/c1-31-20-12-21(32-2)17(25)11-16(20)18-14-28-8-6-15(10-23(28)27-18)33-19-5-7-26-13-22(19)35(29,30)24-4-3-9-34-24/h3-4,6,8-12,14,19,22,26H,5,7,13H2,1-2H3. The van der Waals surface area contributed by atoms with Crippen molar-refractivity contribution in [3.05, 3.63) is 59.2 Å². The largest absolute Gasteiger partial charge is 0.496 e. The molecule has 0 bridgehead atoms. The number of ether oxygens (including phenoxy) is 3. The number of rotatable bonds is 7. The maximum Gasteiger partial charge on any atom is 0.195 e. The number of hydrogen-bond acceptors (Lipinski definition) is 8. The maximum atomic E-state index is 13.2. The molecule has 4 heterocycles. The van der Waals surface area contributed by atoms with Crippen molar-refractivity contribution < 1.29 is 22.6 Å². The van der Waals surface area contributed by atoms with E-state index in [1.54, 1.807) is 49.9 Å². The van der Waals surface area contributed by atoms with Crippen LogP contribution in [-0.2, 0) is 9.84 Å². The minimum atomic E-state index is -3.51. The van der Waals surface area contributed by atoms with Crippen molar-refractivity contribution in [3.8, 4) is 28.5 Å². The molecule has 1 fully saturated rings. The fourth-order valence-electron chi connectivity index (χ4n) is 4.23. The Morgan fingerprint density at radius 1 is 1.17 bits per heavy atom. The number of aromatic nitrogens is 2. The Kier molecular flexibility index (Phi) is 6.63. The lowest BCUT2D eigenvalue weighted by molar-refractivity contribution is 0.165. The van der Waals surface area contributed by atoms with Gasteiger partial charge in [0.15, 0.2) is 9.84 Å². The summed E-state index contributed by atoms with van der Waals surface area (Å²) < 4.78 is 45.7. The fraction of sp³-hybridized carbons (Fsp3) is 0.292. The van der Waals surface area contributed by atoms with Crippen molar-refractivity contribution in [2.24, 2.45) is 0 Å². The normalized spacial score (nSPS) is 18.5. The Morgan fingerprint density at radius 3 is 2.74 bits per heavy atom. The van der Waals surface area contributed by atoms with E-state index in [1.807, 2.05) is 22.9 Å². The summed E-state index contributed by atoms with van der Waals surface area (Å²) in [6.07, 6.45) is 3.82. The van der Waals surface area contributed by atoms with Crippen molar-refractivity contribution >= 4 is 38.4 Å². The van der Waals surface area contributed by atoms with Gasteiger partial charge >= 0.3 is 0 Å². The third-order valence-corrected chi connectivity index (χ3v) is 9.92. The molecule has 0 radical (unpaired) electrons. The highest BCUT2D eigenvalue weighted by atomic mass is 35.5. The minimum absolute atomic E-state index is 0.346. The first-order valence-electron chi connectivity index (χ1n) is 11.0. The lowest BCUT2D eigenvalue weighted by atomic mass is 10.1. The van der Waals surface area contributed by atoms with Crippen molar-refractivity contribution in [1.82, 2.24) is 14.7 Å². The zero-order valence-corrected chi connectivity index (χ0v) is 21.5. The lowest BCUT2D eigenvalue weighted by Crippen LogP contribution is -2.50. The highest BCUT2D eigenvalue weighted by Gasteiger charge is 2.38. The Balaban J connectivity index is 1.44. The molecule has 11 heteroatoms. The summed E-state index contributed by atoms with van der Waals surface area (Å²) in [5.41, 5.74) is 2.05. The van der Waals surface area contributed by atoms with Crippen LogP contribution in [0, 0.1) is 0 Å². The van der Waals surface area contributed by atoms with Gasteiger partial charge < -0.3 is 23.9 Å². The Hall–Kier alpha value is -2.79. The highest BCUT2D eigenvalue weighted by Crippen LogP contribution is 2.38. The maximum absolute atomic E-state index is 13.2. The summed E-state index contributed by atoms with van der Waals surface area (Å²) in [4.78, 5) is 4.72. The van der Waals surface area contributed by atoms with Crippen LogP contribution in [0.25, 0.3) is 16.9 Å². The third kappa shape index (κ3) is 4.58. The first-order chi connectivity index (χ1) is 16.9. The SMILES string of the molecule is COc1cc(OC)c(-c2cn3ccc(OC4CCNCC4S(=O)(=O)c4cccs4)cc3n2)cc1Cl. The number of halogens is 1. The Labute approximate surface area is 212 Å². The Bertz CT molecular complexity index is 1450. The molecule has 35 heavy (non-hydrogen) atoms. The zero-order valence-electron chi connectivity index (χ0n) is 19.1. The van der Waals surface area contributed by atoms with Crippen molar-refractivity contribution in [2.45, 2.75) is 22.0 Å². The third-order valence-electron chi connectivity index (χ3n) is 6.01. The van der Waals surface area contributed by atoms with E-state index in [2.05, 4.69) is 5.32 Å². The van der Waals surface area contributed by atoms with Crippen LogP contribution in [-0.4, -0.2) is 56.5 Å². The van der Waals surface area contributed by atoms with Crippen LogP contribution >= 0.6 is 22.9 Å². The van der Waals surface area contributed by atoms with Gasteiger partial charge in [-0.3, -0.25) is 0 Å². The molecule has 5 rings (SSSR count). The average molecular weight is 534 g/mol. The predicted octanol–water partition coefficient (Wildman–Crippen LogP) is 4.32. The van der Waals surface area contributed by atoms with Crippen LogP contribution < -0.4 is 19.5 Å². The van der Waals surface area contributed by atoms with Gasteiger partial charge in [-0.1, -0.05) is 17.7 Å². The lowest BCUT2D eigenvalue weighted by Gasteiger charge is -2.31. The molecule has 0 aliphatic carbocycles. The van der Waals surface area contributed by atoms with Crippen LogP contribution in [0.3, 0.4) is 0 Å². The summed E-state index contributed by atoms with van der Waals surface area (Å²) >= 11 is 7.57. The summed E-state index contributed by atoms with van der Waals surface area (Å²) in [5.74, 6) is 1.66. The van der Waals surface area contributed by atoms with E-state index < -0.39 is 21.2 Å². The molecular formula is C24H24ClN3O5S2. The molecule has 0 saturated carbocycles. The highest BCUT2D eigenvalue weighted by molar-refractivity contribution is 7.94. The topological polar surface area (TPSA) is 91.2 Å². The molecular weight excluding hydrogens is 510 g/mol. The van der Waals surface area contributed by atoms with Gasteiger partial charge in [0.25, 0.3) is 0 Å². The van der Waals surface area contributed by atoms with E-state index in [0.717, 1.165) is 5.56 Å². The zero-order chi connectivity index (χ0) is 24.6. The molecule has 4 aromatic rings. The van der Waals surface area contributed by atoms with E-state index in [-0.39, 0.29) is 0 Å². The van der Waals surface area contributed by atoms with E-state index in [4.69, 9.17) is 30.8 Å². The number of imidazole rings is 1. The molecule has 0 spiro atoms. The quantitative estimate of drug-likeness (QED) is 0.378. The molecule has 8 nitrogen and oxygen atoms in total. The molecule has 2 unspecified atom stereocenters. The number of fused-ring (bicyclic) bond motifs is 1. The average Bonchev–Trinajstić information content (AvgIpc) is 3.55. The second-order valence-corrected chi connectivity index (χ2v) is 11.9. The number of nitrogens with zero attached hydrogens (tertiary/aromatic N) is 2. The van der Waals surface area contributed by atoms with Crippen LogP contribution in [0.5, 0.6) is 17.2 Å². The molecule has 1 aliphatic rings. The summed E-state index contributed by atoms with van der Waals surface area (Å²) in [5, 5.41) is 4.74. The number of nitrogens with one attached hydrogen (secondary N) is 1. The van der Waals surface area contributed by atoms with Gasteiger partial charge in [-0.25, -0.2) is 13.4 Å².